The van der Waals surface area contributed by atoms with Gasteiger partial charge in [-0.05, 0) is 71.3 Å². The van der Waals surface area contributed by atoms with E-state index in [1.54, 1.807) is 11.8 Å². The minimum absolute atomic E-state index is 0.293. The molecule has 0 aliphatic rings. The van der Waals surface area contributed by atoms with Gasteiger partial charge in [-0.15, -0.1) is 11.8 Å². The van der Waals surface area contributed by atoms with Crippen LogP contribution in [-0.2, 0) is 10.5 Å². The maximum absolute atomic E-state index is 11.5. The van der Waals surface area contributed by atoms with Crippen molar-refractivity contribution in [3.05, 3.63) is 62.2 Å². The summed E-state index contributed by atoms with van der Waals surface area (Å²) in [6.45, 7) is 4.30. The second-order valence-corrected chi connectivity index (χ2v) is 6.96. The van der Waals surface area contributed by atoms with Gasteiger partial charge in [0.15, 0.2) is 0 Å². The van der Waals surface area contributed by atoms with Crippen LogP contribution >= 0.6 is 34.4 Å². The molecule has 21 heavy (non-hydrogen) atoms. The molecule has 110 valence electrons. The third kappa shape index (κ3) is 4.01. The van der Waals surface area contributed by atoms with Crippen LogP contribution in [0.5, 0.6) is 0 Å². The summed E-state index contributed by atoms with van der Waals surface area (Å²) < 4.78 is 5.82. The number of aryl methyl sites for hydroxylation is 1. The summed E-state index contributed by atoms with van der Waals surface area (Å²) in [7, 11) is 1.40. The van der Waals surface area contributed by atoms with Gasteiger partial charge in [0, 0.05) is 14.2 Å². The van der Waals surface area contributed by atoms with E-state index in [4.69, 9.17) is 4.74 Å². The standard InChI is InChI=1S/C17H17IO2S/c1-11-5-4-6-14(12(11)2)10-21-16-8-7-13(9-15(16)18)17(19)20-3/h4-9H,10H2,1-3H3. The molecule has 0 aromatic heterocycles. The van der Waals surface area contributed by atoms with Gasteiger partial charge in [-0.1, -0.05) is 18.2 Å². The first-order valence-corrected chi connectivity index (χ1v) is 8.65. The van der Waals surface area contributed by atoms with E-state index in [0.29, 0.717) is 5.56 Å². The molecule has 0 unspecified atom stereocenters. The fourth-order valence-electron chi connectivity index (χ4n) is 1.99. The number of thioether (sulfide) groups is 1. The number of ether oxygens (including phenoxy) is 1. The second-order valence-electron chi connectivity index (χ2n) is 4.78. The smallest absolute Gasteiger partial charge is 0.337 e. The zero-order valence-corrected chi connectivity index (χ0v) is 15.2. The highest BCUT2D eigenvalue weighted by Gasteiger charge is 2.09. The summed E-state index contributed by atoms with van der Waals surface area (Å²) in [5.41, 5.74) is 4.63. The van der Waals surface area contributed by atoms with Gasteiger partial charge in [-0.2, -0.15) is 0 Å². The van der Waals surface area contributed by atoms with Gasteiger partial charge in [0.05, 0.1) is 12.7 Å². The Morgan fingerprint density at radius 2 is 2.00 bits per heavy atom. The van der Waals surface area contributed by atoms with Crippen LogP contribution in [0, 0.1) is 17.4 Å². The van der Waals surface area contributed by atoms with Gasteiger partial charge < -0.3 is 4.74 Å². The van der Waals surface area contributed by atoms with Gasteiger partial charge >= 0.3 is 5.97 Å². The van der Waals surface area contributed by atoms with Crippen molar-refractivity contribution in [1.29, 1.82) is 0 Å². The number of rotatable bonds is 4. The molecule has 4 heteroatoms. The summed E-state index contributed by atoms with van der Waals surface area (Å²) in [5.74, 6) is 0.639. The van der Waals surface area contributed by atoms with E-state index in [0.717, 1.165) is 9.32 Å². The molecule has 0 spiro atoms. The van der Waals surface area contributed by atoms with E-state index in [-0.39, 0.29) is 5.97 Å². The minimum atomic E-state index is -0.293. The first-order chi connectivity index (χ1) is 10.0. The van der Waals surface area contributed by atoms with Crippen molar-refractivity contribution in [2.45, 2.75) is 24.5 Å². The average Bonchev–Trinajstić information content (AvgIpc) is 2.49. The van der Waals surface area contributed by atoms with Crippen molar-refractivity contribution >= 4 is 40.3 Å². The maximum atomic E-state index is 11.5. The lowest BCUT2D eigenvalue weighted by atomic mass is 10.1. The van der Waals surface area contributed by atoms with E-state index < -0.39 is 0 Å². The molecule has 0 bridgehead atoms. The molecule has 0 atom stereocenters. The number of hydrogen-bond acceptors (Lipinski definition) is 3. The quantitative estimate of drug-likeness (QED) is 0.402. The Bertz CT molecular complexity index is 668. The van der Waals surface area contributed by atoms with Crippen molar-refractivity contribution in [3.63, 3.8) is 0 Å². The van der Waals surface area contributed by atoms with Crippen LogP contribution < -0.4 is 0 Å². The lowest BCUT2D eigenvalue weighted by molar-refractivity contribution is 0.0600. The third-order valence-corrected chi connectivity index (χ3v) is 5.83. The molecule has 0 saturated heterocycles. The van der Waals surface area contributed by atoms with Crippen LogP contribution in [0.2, 0.25) is 0 Å². The molecule has 0 saturated carbocycles. The molecule has 2 aromatic carbocycles. The molecule has 2 rings (SSSR count). The summed E-state index contributed by atoms with van der Waals surface area (Å²) >= 11 is 4.06. The first kappa shape index (κ1) is 16.4. The third-order valence-electron chi connectivity index (χ3n) is 3.45. The zero-order chi connectivity index (χ0) is 15.4. The number of halogens is 1. The Kier molecular flexibility index (Phi) is 5.70. The fraction of sp³-hybridized carbons (Fsp3) is 0.235. The average molecular weight is 412 g/mol. The Labute approximate surface area is 143 Å². The number of esters is 1. The highest BCUT2D eigenvalue weighted by atomic mass is 127. The molecular formula is C17H17IO2S. The van der Waals surface area contributed by atoms with Crippen molar-refractivity contribution in [3.8, 4) is 0 Å². The molecule has 0 heterocycles. The topological polar surface area (TPSA) is 26.3 Å². The van der Waals surface area contributed by atoms with Gasteiger partial charge in [-0.3, -0.25) is 0 Å². The van der Waals surface area contributed by atoms with Gasteiger partial charge in [0.1, 0.15) is 0 Å². The van der Waals surface area contributed by atoms with Gasteiger partial charge in [-0.25, -0.2) is 4.79 Å². The zero-order valence-electron chi connectivity index (χ0n) is 12.3. The molecule has 0 fully saturated rings. The highest BCUT2D eigenvalue weighted by molar-refractivity contribution is 14.1. The van der Waals surface area contributed by atoms with Crippen molar-refractivity contribution < 1.29 is 9.53 Å². The van der Waals surface area contributed by atoms with Gasteiger partial charge in [0.25, 0.3) is 0 Å². The van der Waals surface area contributed by atoms with Crippen molar-refractivity contribution in [1.82, 2.24) is 0 Å². The van der Waals surface area contributed by atoms with E-state index in [2.05, 4.69) is 54.6 Å². The van der Waals surface area contributed by atoms with Crippen LogP contribution in [0.1, 0.15) is 27.0 Å². The normalized spacial score (nSPS) is 10.5. The Balaban J connectivity index is 2.13. The van der Waals surface area contributed by atoms with Crippen LogP contribution in [0.25, 0.3) is 0 Å². The summed E-state index contributed by atoms with van der Waals surface area (Å²) in [6, 6.07) is 12.1. The van der Waals surface area contributed by atoms with E-state index >= 15 is 0 Å². The van der Waals surface area contributed by atoms with Crippen molar-refractivity contribution in [2.24, 2.45) is 0 Å². The fourth-order valence-corrected chi connectivity index (χ4v) is 3.95. The van der Waals surface area contributed by atoms with Crippen molar-refractivity contribution in [2.75, 3.05) is 7.11 Å². The molecule has 0 N–H and O–H groups in total. The van der Waals surface area contributed by atoms with E-state index in [9.17, 15) is 4.79 Å². The number of benzene rings is 2. The number of methoxy groups -OCH3 is 1. The Morgan fingerprint density at radius 3 is 2.67 bits per heavy atom. The molecule has 2 aromatic rings. The molecule has 0 aliphatic heterocycles. The predicted octanol–water partition coefficient (Wildman–Crippen LogP) is 4.99. The van der Waals surface area contributed by atoms with Crippen LogP contribution in [0.3, 0.4) is 0 Å². The molecule has 0 radical (unpaired) electrons. The minimum Gasteiger partial charge on any atom is -0.465 e. The number of carbonyl (C=O) groups excluding carboxylic acids is 1. The van der Waals surface area contributed by atoms with E-state index in [1.807, 2.05) is 18.2 Å². The largest absolute Gasteiger partial charge is 0.465 e. The lowest BCUT2D eigenvalue weighted by Crippen LogP contribution is -2.01. The maximum Gasteiger partial charge on any atom is 0.337 e. The van der Waals surface area contributed by atoms with Crippen LogP contribution in [-0.4, -0.2) is 13.1 Å². The highest BCUT2D eigenvalue weighted by Crippen LogP contribution is 2.29. The van der Waals surface area contributed by atoms with E-state index in [1.165, 1.54) is 28.7 Å². The number of carbonyl (C=O) groups is 1. The van der Waals surface area contributed by atoms with Crippen LogP contribution in [0.15, 0.2) is 41.3 Å². The van der Waals surface area contributed by atoms with Crippen LogP contribution in [0.4, 0.5) is 0 Å². The predicted molar refractivity (Wildman–Crippen MR) is 96.0 cm³/mol. The Hall–Kier alpha value is -1.01. The lowest BCUT2D eigenvalue weighted by Gasteiger charge is -2.10. The summed E-state index contributed by atoms with van der Waals surface area (Å²) in [5, 5.41) is 0. The first-order valence-electron chi connectivity index (χ1n) is 6.58. The SMILES string of the molecule is COC(=O)c1ccc(SCc2cccc(C)c2C)c(I)c1. The summed E-state index contributed by atoms with van der Waals surface area (Å²) in [6.07, 6.45) is 0. The second kappa shape index (κ2) is 7.31. The summed E-state index contributed by atoms with van der Waals surface area (Å²) in [4.78, 5) is 12.7. The molecule has 0 amide bonds. The number of hydrogen-bond donors (Lipinski definition) is 0. The van der Waals surface area contributed by atoms with Gasteiger partial charge in [0.2, 0.25) is 0 Å². The molecule has 2 nitrogen and oxygen atoms in total. The molecule has 0 aliphatic carbocycles. The Morgan fingerprint density at radius 1 is 1.24 bits per heavy atom. The monoisotopic (exact) mass is 412 g/mol. The molecular weight excluding hydrogens is 395 g/mol.